The molecule has 168 valence electrons. The van der Waals surface area contributed by atoms with Gasteiger partial charge in [-0.3, -0.25) is 14.6 Å². The molecule has 0 atom stereocenters. The molecule has 0 saturated carbocycles. The summed E-state index contributed by atoms with van der Waals surface area (Å²) in [6.07, 6.45) is -3.45. The Morgan fingerprint density at radius 2 is 1.60 bits per heavy atom. The molecular weight excluding hydrogens is 421 g/mol. The van der Waals surface area contributed by atoms with Gasteiger partial charge in [-0.2, -0.15) is 13.2 Å². The Morgan fingerprint density at radius 3 is 2.23 bits per heavy atom. The lowest BCUT2D eigenvalue weighted by Gasteiger charge is -2.35. The minimum Gasteiger partial charge on any atom is -0.379 e. The van der Waals surface area contributed by atoms with Crippen molar-refractivity contribution in [3.63, 3.8) is 0 Å². The van der Waals surface area contributed by atoms with Crippen molar-refractivity contribution < 1.29 is 22.7 Å². The Kier molecular flexibility index (Phi) is 8.35. The third-order valence-electron chi connectivity index (χ3n) is 5.44. The number of hydrogen-bond acceptors (Lipinski definition) is 5. The summed E-state index contributed by atoms with van der Waals surface area (Å²) in [5.41, 5.74) is -0.855. The highest BCUT2D eigenvalue weighted by Gasteiger charge is 2.33. The predicted octanol–water partition coefficient (Wildman–Crippen LogP) is 2.64. The highest BCUT2D eigenvalue weighted by molar-refractivity contribution is 6.31. The van der Waals surface area contributed by atoms with E-state index in [0.29, 0.717) is 0 Å². The number of anilines is 1. The van der Waals surface area contributed by atoms with Crippen molar-refractivity contribution in [1.82, 2.24) is 14.7 Å². The lowest BCUT2D eigenvalue weighted by atomic mass is 10.2. The summed E-state index contributed by atoms with van der Waals surface area (Å²) in [5.74, 6) is -0.328. The number of ether oxygens (including phenoxy) is 1. The molecule has 0 bridgehead atoms. The van der Waals surface area contributed by atoms with Gasteiger partial charge < -0.3 is 15.0 Å². The Morgan fingerprint density at radius 1 is 1.00 bits per heavy atom. The van der Waals surface area contributed by atoms with Crippen LogP contribution in [0.3, 0.4) is 0 Å². The fourth-order valence-corrected chi connectivity index (χ4v) is 3.96. The lowest BCUT2D eigenvalue weighted by molar-refractivity contribution is -0.137. The van der Waals surface area contributed by atoms with Gasteiger partial charge in [0.15, 0.2) is 0 Å². The lowest BCUT2D eigenvalue weighted by Crippen LogP contribution is -2.49. The van der Waals surface area contributed by atoms with Crippen LogP contribution < -0.4 is 5.32 Å². The van der Waals surface area contributed by atoms with Crippen molar-refractivity contribution >= 4 is 23.2 Å². The third-order valence-corrected chi connectivity index (χ3v) is 5.77. The largest absolute Gasteiger partial charge is 0.417 e. The molecule has 1 amide bonds. The van der Waals surface area contributed by atoms with Crippen LogP contribution in [0.1, 0.15) is 12.0 Å². The van der Waals surface area contributed by atoms with Crippen molar-refractivity contribution in [2.45, 2.75) is 12.6 Å². The van der Waals surface area contributed by atoms with Crippen molar-refractivity contribution in [3.05, 3.63) is 28.8 Å². The number of amides is 1. The first-order valence-corrected chi connectivity index (χ1v) is 10.6. The van der Waals surface area contributed by atoms with Gasteiger partial charge in [-0.05, 0) is 37.7 Å². The Bertz CT molecular complexity index is 706. The fraction of sp³-hybridized carbons (Fsp3) is 0.650. The molecule has 0 spiro atoms. The van der Waals surface area contributed by atoms with E-state index in [1.54, 1.807) is 0 Å². The van der Waals surface area contributed by atoms with Gasteiger partial charge in [0.25, 0.3) is 0 Å². The van der Waals surface area contributed by atoms with Crippen molar-refractivity contribution in [3.8, 4) is 0 Å². The molecule has 10 heteroatoms. The monoisotopic (exact) mass is 448 g/mol. The molecule has 0 aromatic heterocycles. The maximum atomic E-state index is 13.0. The second-order valence-electron chi connectivity index (χ2n) is 7.67. The van der Waals surface area contributed by atoms with Crippen LogP contribution in [0.2, 0.25) is 5.02 Å². The van der Waals surface area contributed by atoms with Crippen LogP contribution in [0.25, 0.3) is 0 Å². The smallest absolute Gasteiger partial charge is 0.379 e. The SMILES string of the molecule is O=C(CN1CCN(CCCN2CCOCC2)CC1)Nc1ccc(Cl)c(C(F)(F)F)c1. The molecule has 2 aliphatic heterocycles. The van der Waals surface area contributed by atoms with Gasteiger partial charge in [0.1, 0.15) is 0 Å². The number of halogens is 4. The first-order valence-electron chi connectivity index (χ1n) is 10.2. The van der Waals surface area contributed by atoms with E-state index >= 15 is 0 Å². The van der Waals surface area contributed by atoms with E-state index < -0.39 is 11.7 Å². The number of benzene rings is 1. The molecule has 6 nitrogen and oxygen atoms in total. The number of nitrogens with zero attached hydrogens (tertiary/aromatic N) is 3. The summed E-state index contributed by atoms with van der Waals surface area (Å²) in [6, 6.07) is 3.39. The van der Waals surface area contributed by atoms with E-state index in [1.165, 1.54) is 6.07 Å². The molecule has 0 radical (unpaired) electrons. The first kappa shape index (κ1) is 23.3. The minimum absolute atomic E-state index is 0.0958. The average molecular weight is 449 g/mol. The molecule has 1 aromatic rings. The molecule has 0 unspecified atom stereocenters. The van der Waals surface area contributed by atoms with Gasteiger partial charge in [-0.1, -0.05) is 11.6 Å². The molecule has 2 fully saturated rings. The van der Waals surface area contributed by atoms with Crippen LogP contribution in [0.5, 0.6) is 0 Å². The predicted molar refractivity (Wildman–Crippen MR) is 110 cm³/mol. The normalized spacial score (nSPS) is 19.7. The second-order valence-corrected chi connectivity index (χ2v) is 8.07. The summed E-state index contributed by atoms with van der Waals surface area (Å²) < 4.78 is 44.2. The summed E-state index contributed by atoms with van der Waals surface area (Å²) in [6.45, 7) is 9.19. The molecule has 1 aromatic carbocycles. The number of nitrogens with one attached hydrogen (secondary N) is 1. The molecule has 1 N–H and O–H groups in total. The zero-order valence-corrected chi connectivity index (χ0v) is 17.6. The number of rotatable bonds is 7. The van der Waals surface area contributed by atoms with Crippen molar-refractivity contribution in [1.29, 1.82) is 0 Å². The van der Waals surface area contributed by atoms with Crippen LogP contribution in [-0.4, -0.2) is 92.7 Å². The van der Waals surface area contributed by atoms with Gasteiger partial charge >= 0.3 is 6.18 Å². The van der Waals surface area contributed by atoms with Crippen LogP contribution in [0, 0.1) is 0 Å². The quantitative estimate of drug-likeness (QED) is 0.695. The number of hydrogen-bond donors (Lipinski definition) is 1. The van der Waals surface area contributed by atoms with Crippen LogP contribution in [0.4, 0.5) is 18.9 Å². The highest BCUT2D eigenvalue weighted by atomic mass is 35.5. The summed E-state index contributed by atoms with van der Waals surface area (Å²) >= 11 is 5.61. The second kappa shape index (κ2) is 10.8. The van der Waals surface area contributed by atoms with E-state index in [2.05, 4.69) is 15.1 Å². The highest BCUT2D eigenvalue weighted by Crippen LogP contribution is 2.36. The fourth-order valence-electron chi connectivity index (χ4n) is 3.74. The Hall–Kier alpha value is -1.39. The summed E-state index contributed by atoms with van der Waals surface area (Å²) in [7, 11) is 0. The number of alkyl halides is 3. The third kappa shape index (κ3) is 7.09. The summed E-state index contributed by atoms with van der Waals surface area (Å²) in [5, 5.41) is 2.16. The van der Waals surface area contributed by atoms with E-state index in [-0.39, 0.29) is 23.2 Å². The van der Waals surface area contributed by atoms with Crippen LogP contribution in [0.15, 0.2) is 18.2 Å². The van der Waals surface area contributed by atoms with Crippen molar-refractivity contribution in [2.75, 3.05) is 77.4 Å². The Balaban J connectivity index is 1.37. The van der Waals surface area contributed by atoms with Crippen LogP contribution >= 0.6 is 11.6 Å². The minimum atomic E-state index is -4.56. The molecule has 2 saturated heterocycles. The summed E-state index contributed by atoms with van der Waals surface area (Å²) in [4.78, 5) is 19.1. The molecule has 0 aliphatic carbocycles. The van der Waals surface area contributed by atoms with E-state index in [0.717, 1.165) is 84.1 Å². The average Bonchev–Trinajstić information content (AvgIpc) is 2.71. The maximum Gasteiger partial charge on any atom is 0.417 e. The molecule has 2 aliphatic rings. The first-order chi connectivity index (χ1) is 14.3. The maximum absolute atomic E-state index is 13.0. The number of morpholine rings is 1. The zero-order chi connectivity index (χ0) is 21.6. The van der Waals surface area contributed by atoms with E-state index in [1.807, 2.05) is 4.90 Å². The van der Waals surface area contributed by atoms with Gasteiger partial charge in [-0.25, -0.2) is 0 Å². The topological polar surface area (TPSA) is 48.1 Å². The molecule has 30 heavy (non-hydrogen) atoms. The van der Waals surface area contributed by atoms with Gasteiger partial charge in [0.05, 0.1) is 30.3 Å². The molecule has 3 rings (SSSR count). The van der Waals surface area contributed by atoms with Crippen molar-refractivity contribution in [2.24, 2.45) is 0 Å². The van der Waals surface area contributed by atoms with Gasteiger partial charge in [0.2, 0.25) is 5.91 Å². The van der Waals surface area contributed by atoms with Gasteiger partial charge in [-0.15, -0.1) is 0 Å². The number of piperazine rings is 1. The standard InChI is InChI=1S/C20H28ClF3N4O2/c21-18-3-2-16(14-17(18)20(22,23)24)25-19(29)15-28-8-6-26(7-9-28)4-1-5-27-10-12-30-13-11-27/h2-3,14H,1,4-13,15H2,(H,25,29). The number of carbonyl (C=O) groups is 1. The molecule has 2 heterocycles. The van der Waals surface area contributed by atoms with E-state index in [4.69, 9.17) is 16.3 Å². The molecular formula is C20H28ClF3N4O2. The van der Waals surface area contributed by atoms with Crippen LogP contribution in [-0.2, 0) is 15.7 Å². The number of carbonyl (C=O) groups excluding carboxylic acids is 1. The van der Waals surface area contributed by atoms with E-state index in [9.17, 15) is 18.0 Å². The van der Waals surface area contributed by atoms with Gasteiger partial charge in [0, 0.05) is 45.0 Å². The Labute approximate surface area is 179 Å². The zero-order valence-electron chi connectivity index (χ0n) is 16.9.